The molecule has 5 atom stereocenters. The lowest BCUT2D eigenvalue weighted by atomic mass is 9.96. The Kier molecular flexibility index (Phi) is 6.52. The molecule has 15 heteroatoms. The number of aromatic amines is 1. The molecule has 5 aromatic rings. The molecule has 5 unspecified atom stereocenters. The monoisotopic (exact) mass is 619 g/mol. The molecule has 15 nitrogen and oxygen atoms in total. The number of imide groups is 1. The van der Waals surface area contributed by atoms with Gasteiger partial charge in [0.1, 0.15) is 35.9 Å². The third-order valence-corrected chi connectivity index (χ3v) is 8.45. The van der Waals surface area contributed by atoms with Crippen molar-refractivity contribution < 1.29 is 49.8 Å². The SMILES string of the molecule is CN(C)CC(=O)NN1C(=O)c2c(c3c4cccc(O)c4n(C4OC(CO)C(O)C(O)C4O)c3c3[nH]c4c(O)cccc4c23)C1=O. The highest BCUT2D eigenvalue weighted by Gasteiger charge is 2.47. The highest BCUT2D eigenvalue weighted by Crippen LogP contribution is 2.49. The number of aliphatic hydroxyl groups excluding tert-OH is 4. The minimum Gasteiger partial charge on any atom is -0.506 e. The third-order valence-electron chi connectivity index (χ3n) is 8.45. The van der Waals surface area contributed by atoms with Gasteiger partial charge in [-0.2, -0.15) is 5.01 Å². The number of aromatic nitrogens is 2. The zero-order valence-electron chi connectivity index (χ0n) is 23.9. The number of aliphatic hydroxyl groups is 4. The predicted molar refractivity (Wildman–Crippen MR) is 158 cm³/mol. The van der Waals surface area contributed by atoms with Gasteiger partial charge in [-0.1, -0.05) is 24.3 Å². The van der Waals surface area contributed by atoms with Crippen LogP contribution >= 0.6 is 0 Å². The maximum absolute atomic E-state index is 14.1. The fourth-order valence-electron chi connectivity index (χ4n) is 6.58. The highest BCUT2D eigenvalue weighted by molar-refractivity contribution is 6.39. The van der Waals surface area contributed by atoms with Crippen molar-refractivity contribution in [3.05, 3.63) is 47.5 Å². The molecule has 0 radical (unpaired) electrons. The molecule has 45 heavy (non-hydrogen) atoms. The zero-order valence-corrected chi connectivity index (χ0v) is 23.9. The van der Waals surface area contributed by atoms with Crippen LogP contribution < -0.4 is 5.43 Å². The lowest BCUT2D eigenvalue weighted by molar-refractivity contribution is -0.249. The molecule has 3 aromatic carbocycles. The third kappa shape index (κ3) is 3.96. The van der Waals surface area contributed by atoms with Crippen LogP contribution in [-0.4, -0.2) is 119 Å². The first-order chi connectivity index (χ1) is 21.5. The lowest BCUT2D eigenvalue weighted by Crippen LogP contribution is -2.56. The van der Waals surface area contributed by atoms with Gasteiger partial charge in [-0.3, -0.25) is 19.8 Å². The second-order valence-electron chi connectivity index (χ2n) is 11.5. The summed E-state index contributed by atoms with van der Waals surface area (Å²) in [5.74, 6) is -2.79. The van der Waals surface area contributed by atoms with Gasteiger partial charge in [0.15, 0.2) is 6.23 Å². The number of carbonyl (C=O) groups excluding carboxylic acids is 3. The maximum Gasteiger partial charge on any atom is 0.281 e. The summed E-state index contributed by atoms with van der Waals surface area (Å²) in [5.41, 5.74) is 2.81. The standard InChI is InChI=1S/C30H29N5O10/c1-33(2)9-16(39)32-35-28(43)19-17-11-5-3-7-13(37)21(11)31-22(17)24-18(20(19)29(35)44)12-6-4-8-14(38)23(12)34(24)30-27(42)26(41)25(40)15(10-36)45-30/h3-8,15,25-27,30-31,36-38,40-42H,9-10H2,1-2H3,(H,32,39). The number of rotatable bonds is 5. The molecule has 0 aliphatic carbocycles. The topological polar surface area (TPSA) is 221 Å². The van der Waals surface area contributed by atoms with E-state index in [1.165, 1.54) is 22.8 Å². The van der Waals surface area contributed by atoms with Crippen molar-refractivity contribution in [2.75, 3.05) is 27.2 Å². The Hall–Kier alpha value is -4.77. The molecule has 1 saturated heterocycles. The highest BCUT2D eigenvalue weighted by atomic mass is 16.6. The van der Waals surface area contributed by atoms with Crippen molar-refractivity contribution in [3.63, 3.8) is 0 Å². The minimum absolute atomic E-state index is 0.0461. The van der Waals surface area contributed by atoms with Crippen LogP contribution in [0.3, 0.4) is 0 Å². The Balaban J connectivity index is 1.63. The van der Waals surface area contributed by atoms with E-state index in [1.807, 2.05) is 0 Å². The summed E-state index contributed by atoms with van der Waals surface area (Å²) in [6, 6.07) is 9.06. The zero-order chi connectivity index (χ0) is 32.1. The summed E-state index contributed by atoms with van der Waals surface area (Å²) in [7, 11) is 3.29. The number of phenolic OH excluding ortho intramolecular Hbond substituents is 2. The van der Waals surface area contributed by atoms with E-state index in [1.54, 1.807) is 37.2 Å². The van der Waals surface area contributed by atoms with Gasteiger partial charge < -0.3 is 49.8 Å². The van der Waals surface area contributed by atoms with Gasteiger partial charge in [0.2, 0.25) is 0 Å². The van der Waals surface area contributed by atoms with E-state index in [2.05, 4.69) is 10.4 Å². The summed E-state index contributed by atoms with van der Waals surface area (Å²) in [6.07, 6.45) is -8.08. The predicted octanol–water partition coefficient (Wildman–Crippen LogP) is 0.00140. The van der Waals surface area contributed by atoms with Crippen LogP contribution in [0.4, 0.5) is 0 Å². The van der Waals surface area contributed by atoms with Crippen LogP contribution in [0.25, 0.3) is 43.6 Å². The number of benzene rings is 3. The molecule has 0 spiro atoms. The number of hydrazine groups is 1. The number of nitrogens with one attached hydrogen (secondary N) is 2. The van der Waals surface area contributed by atoms with Gasteiger partial charge in [0.05, 0.1) is 46.3 Å². The van der Waals surface area contributed by atoms with Gasteiger partial charge in [-0.25, -0.2) is 0 Å². The largest absolute Gasteiger partial charge is 0.506 e. The van der Waals surface area contributed by atoms with Crippen LogP contribution in [0.1, 0.15) is 26.9 Å². The number of hydrogen-bond acceptors (Lipinski definition) is 11. The number of amides is 3. The van der Waals surface area contributed by atoms with Crippen LogP contribution in [0.2, 0.25) is 0 Å². The van der Waals surface area contributed by atoms with Crippen molar-refractivity contribution in [2.24, 2.45) is 0 Å². The summed E-state index contributed by atoms with van der Waals surface area (Å²) < 4.78 is 7.26. The number of fused-ring (bicyclic) bond motifs is 10. The van der Waals surface area contributed by atoms with Crippen molar-refractivity contribution >= 4 is 61.3 Å². The van der Waals surface area contributed by atoms with Gasteiger partial charge in [0.25, 0.3) is 17.7 Å². The second kappa shape index (κ2) is 10.1. The van der Waals surface area contributed by atoms with Crippen molar-refractivity contribution in [3.8, 4) is 11.5 Å². The molecule has 2 aromatic heterocycles. The van der Waals surface area contributed by atoms with Crippen LogP contribution in [0.15, 0.2) is 36.4 Å². The van der Waals surface area contributed by atoms with Crippen molar-refractivity contribution in [1.82, 2.24) is 24.9 Å². The average molecular weight is 620 g/mol. The summed E-state index contributed by atoms with van der Waals surface area (Å²) in [4.78, 5) is 45.6. The van der Waals surface area contributed by atoms with Crippen LogP contribution in [0.5, 0.6) is 11.5 Å². The molecule has 8 N–H and O–H groups in total. The number of hydrogen-bond donors (Lipinski definition) is 8. The second-order valence-corrected chi connectivity index (χ2v) is 11.5. The van der Waals surface area contributed by atoms with Gasteiger partial charge in [0, 0.05) is 21.5 Å². The Labute approximate surface area is 253 Å². The van der Waals surface area contributed by atoms with E-state index in [4.69, 9.17) is 4.74 Å². The van der Waals surface area contributed by atoms with Gasteiger partial charge in [-0.05, 0) is 26.2 Å². The number of H-pyrrole nitrogens is 1. The summed E-state index contributed by atoms with van der Waals surface area (Å²) >= 11 is 0. The minimum atomic E-state index is -1.79. The Morgan fingerprint density at radius 3 is 2.20 bits per heavy atom. The van der Waals surface area contributed by atoms with Crippen LogP contribution in [-0.2, 0) is 9.53 Å². The fourth-order valence-corrected chi connectivity index (χ4v) is 6.58. The van der Waals surface area contributed by atoms with Crippen molar-refractivity contribution in [2.45, 2.75) is 30.6 Å². The first-order valence-corrected chi connectivity index (χ1v) is 14.0. The number of likely N-dealkylation sites (N-methyl/N-ethyl adjacent to an activating group) is 1. The number of para-hydroxylation sites is 2. The summed E-state index contributed by atoms with van der Waals surface area (Å²) in [6.45, 7) is -0.840. The van der Waals surface area contributed by atoms with E-state index in [0.717, 1.165) is 0 Å². The molecule has 0 bridgehead atoms. The smallest absolute Gasteiger partial charge is 0.281 e. The molecule has 7 rings (SSSR count). The van der Waals surface area contributed by atoms with E-state index in [9.17, 15) is 45.0 Å². The maximum atomic E-state index is 14.1. The number of aromatic hydroxyl groups is 2. The summed E-state index contributed by atoms with van der Waals surface area (Å²) in [5, 5.41) is 65.9. The normalized spacial score (nSPS) is 23.7. The Morgan fingerprint density at radius 2 is 1.53 bits per heavy atom. The molecule has 0 saturated carbocycles. The molecule has 234 valence electrons. The molecule has 4 heterocycles. The molecule has 2 aliphatic rings. The first kappa shape index (κ1) is 29.0. The van der Waals surface area contributed by atoms with Crippen LogP contribution in [0, 0.1) is 0 Å². The molecular weight excluding hydrogens is 590 g/mol. The van der Waals surface area contributed by atoms with E-state index in [0.29, 0.717) is 10.4 Å². The molecule has 2 aliphatic heterocycles. The van der Waals surface area contributed by atoms with E-state index < -0.39 is 55.0 Å². The van der Waals surface area contributed by atoms with E-state index >= 15 is 0 Å². The van der Waals surface area contributed by atoms with E-state index in [-0.39, 0.29) is 67.4 Å². The fraction of sp³-hybridized carbons (Fsp3) is 0.300. The van der Waals surface area contributed by atoms with Crippen molar-refractivity contribution in [1.29, 1.82) is 0 Å². The lowest BCUT2D eigenvalue weighted by Gasteiger charge is -2.41. The Bertz CT molecular complexity index is 2080. The quantitative estimate of drug-likeness (QED) is 0.122. The molecule has 1 fully saturated rings. The van der Waals surface area contributed by atoms with Gasteiger partial charge >= 0.3 is 0 Å². The first-order valence-electron chi connectivity index (χ1n) is 14.0. The number of phenols is 2. The average Bonchev–Trinajstić information content (AvgIpc) is 3.62. The Morgan fingerprint density at radius 1 is 0.889 bits per heavy atom. The molecular formula is C30H29N5O10. The number of carbonyl (C=O) groups is 3. The van der Waals surface area contributed by atoms with Gasteiger partial charge in [-0.15, -0.1) is 0 Å². The number of ether oxygens (including phenoxy) is 1. The molecule has 3 amide bonds. The number of nitrogens with zero attached hydrogens (tertiary/aromatic N) is 3.